The van der Waals surface area contributed by atoms with Crippen LogP contribution in [-0.2, 0) is 4.74 Å². The Morgan fingerprint density at radius 2 is 2.12 bits per heavy atom. The first kappa shape index (κ1) is 12.8. The van der Waals surface area contributed by atoms with Crippen LogP contribution in [0.2, 0.25) is 0 Å². The fourth-order valence-corrected chi connectivity index (χ4v) is 1.43. The van der Waals surface area contributed by atoms with E-state index in [2.05, 4.69) is 0 Å². The van der Waals surface area contributed by atoms with Crippen molar-refractivity contribution in [2.45, 2.75) is 39.7 Å². The van der Waals surface area contributed by atoms with Crippen LogP contribution in [0.3, 0.4) is 0 Å². The zero-order valence-corrected chi connectivity index (χ0v) is 10.1. The van der Waals surface area contributed by atoms with Crippen molar-refractivity contribution in [1.29, 1.82) is 0 Å². The van der Waals surface area contributed by atoms with Crippen molar-refractivity contribution in [1.82, 2.24) is 0 Å². The van der Waals surface area contributed by atoms with Gasteiger partial charge in [0.2, 0.25) is 0 Å². The van der Waals surface area contributed by atoms with E-state index in [1.54, 1.807) is 19.9 Å². The van der Waals surface area contributed by atoms with E-state index in [9.17, 15) is 9.90 Å². The summed E-state index contributed by atoms with van der Waals surface area (Å²) in [5.74, 6) is 0.634. The van der Waals surface area contributed by atoms with E-state index in [1.165, 1.54) is 0 Å². The second-order valence-corrected chi connectivity index (χ2v) is 3.98. The van der Waals surface area contributed by atoms with Crippen molar-refractivity contribution in [2.24, 2.45) is 0 Å². The molecule has 1 rings (SSSR count). The van der Waals surface area contributed by atoms with Gasteiger partial charge in [0.1, 0.15) is 23.2 Å². The van der Waals surface area contributed by atoms with Crippen molar-refractivity contribution < 1.29 is 19.1 Å². The maximum absolute atomic E-state index is 11.6. The maximum Gasteiger partial charge on any atom is 0.341 e. The lowest BCUT2D eigenvalue weighted by Gasteiger charge is -2.04. The van der Waals surface area contributed by atoms with Crippen LogP contribution in [0.5, 0.6) is 0 Å². The molecule has 1 aromatic rings. The van der Waals surface area contributed by atoms with Crippen LogP contribution in [-0.4, -0.2) is 17.7 Å². The molecule has 0 aliphatic carbocycles. The molecular weight excluding hydrogens is 208 g/mol. The Bertz CT molecular complexity index is 363. The van der Waals surface area contributed by atoms with Gasteiger partial charge in [-0.25, -0.2) is 4.79 Å². The van der Waals surface area contributed by atoms with Crippen LogP contribution in [0.25, 0.3) is 0 Å². The third-order valence-corrected chi connectivity index (χ3v) is 2.21. The minimum Gasteiger partial charge on any atom is -0.462 e. The zero-order chi connectivity index (χ0) is 12.3. The summed E-state index contributed by atoms with van der Waals surface area (Å²) in [4.78, 5) is 11.6. The number of carbonyl (C=O) groups excluding carboxylic acids is 1. The molecule has 1 N–H and O–H groups in total. The van der Waals surface area contributed by atoms with Gasteiger partial charge in [0.15, 0.2) is 0 Å². The van der Waals surface area contributed by atoms with Gasteiger partial charge < -0.3 is 14.3 Å². The molecule has 1 aromatic heterocycles. The second-order valence-electron chi connectivity index (χ2n) is 3.98. The molecule has 0 radical (unpaired) electrons. The highest BCUT2D eigenvalue weighted by molar-refractivity contribution is 5.90. The molecule has 0 saturated carbocycles. The molecule has 0 amide bonds. The first-order chi connectivity index (χ1) is 7.47. The molecule has 1 heterocycles. The van der Waals surface area contributed by atoms with Gasteiger partial charge in [0, 0.05) is 5.92 Å². The highest BCUT2D eigenvalue weighted by Crippen LogP contribution is 2.27. The largest absolute Gasteiger partial charge is 0.462 e. The first-order valence-corrected chi connectivity index (χ1v) is 5.46. The lowest BCUT2D eigenvalue weighted by atomic mass is 10.1. The minimum atomic E-state index is -0.722. The van der Waals surface area contributed by atoms with Crippen molar-refractivity contribution in [3.05, 3.63) is 23.2 Å². The van der Waals surface area contributed by atoms with E-state index in [0.29, 0.717) is 23.7 Å². The minimum absolute atomic E-state index is 0.0758. The highest BCUT2D eigenvalue weighted by atomic mass is 16.5. The van der Waals surface area contributed by atoms with Crippen LogP contribution < -0.4 is 0 Å². The Morgan fingerprint density at radius 3 is 2.56 bits per heavy atom. The predicted octanol–water partition coefficient (Wildman–Crippen LogP) is 2.63. The molecule has 0 saturated heterocycles. The van der Waals surface area contributed by atoms with E-state index < -0.39 is 12.1 Å². The van der Waals surface area contributed by atoms with E-state index in [-0.39, 0.29) is 5.92 Å². The van der Waals surface area contributed by atoms with Gasteiger partial charge in [-0.1, -0.05) is 13.8 Å². The quantitative estimate of drug-likeness (QED) is 0.802. The molecule has 0 aliphatic rings. The summed E-state index contributed by atoms with van der Waals surface area (Å²) in [5.41, 5.74) is 0.410. The number of carbonyl (C=O) groups is 1. The van der Waals surface area contributed by atoms with Gasteiger partial charge in [-0.2, -0.15) is 0 Å². The number of hydrogen-bond donors (Lipinski definition) is 1. The summed E-state index contributed by atoms with van der Waals surface area (Å²) in [5, 5.41) is 9.41. The van der Waals surface area contributed by atoms with E-state index in [4.69, 9.17) is 9.15 Å². The number of aliphatic hydroxyl groups excluding tert-OH is 1. The van der Waals surface area contributed by atoms with E-state index in [0.717, 1.165) is 0 Å². The van der Waals surface area contributed by atoms with Crippen LogP contribution in [0.1, 0.15) is 61.6 Å². The fourth-order valence-electron chi connectivity index (χ4n) is 1.43. The Balaban J connectivity index is 3.10. The normalized spacial score (nSPS) is 12.9. The standard InChI is InChI=1S/C12H18O4/c1-5-15-12(14)9-6-10(8(4)13)16-11(9)7(2)3/h6-8,13H,5H2,1-4H3. The number of esters is 1. The van der Waals surface area contributed by atoms with Crippen LogP contribution in [0, 0.1) is 0 Å². The van der Waals surface area contributed by atoms with E-state index in [1.807, 2.05) is 13.8 Å². The monoisotopic (exact) mass is 226 g/mol. The predicted molar refractivity (Wildman–Crippen MR) is 59.4 cm³/mol. The van der Waals surface area contributed by atoms with Crippen LogP contribution >= 0.6 is 0 Å². The summed E-state index contributed by atoms with van der Waals surface area (Å²) in [6.07, 6.45) is -0.722. The highest BCUT2D eigenvalue weighted by Gasteiger charge is 2.22. The summed E-state index contributed by atoms with van der Waals surface area (Å²) < 4.78 is 10.4. The van der Waals surface area contributed by atoms with E-state index >= 15 is 0 Å². The van der Waals surface area contributed by atoms with Crippen molar-refractivity contribution in [3.8, 4) is 0 Å². The summed E-state index contributed by atoms with van der Waals surface area (Å²) in [7, 11) is 0. The van der Waals surface area contributed by atoms with Crippen molar-refractivity contribution in [2.75, 3.05) is 6.61 Å². The molecule has 16 heavy (non-hydrogen) atoms. The summed E-state index contributed by atoms with van der Waals surface area (Å²) in [6, 6.07) is 1.55. The van der Waals surface area contributed by atoms with Crippen molar-refractivity contribution >= 4 is 5.97 Å². The Hall–Kier alpha value is -1.29. The third kappa shape index (κ3) is 2.64. The van der Waals surface area contributed by atoms with Crippen molar-refractivity contribution in [3.63, 3.8) is 0 Å². The molecule has 1 atom stereocenters. The zero-order valence-electron chi connectivity index (χ0n) is 10.1. The Morgan fingerprint density at radius 1 is 1.50 bits per heavy atom. The Kier molecular flexibility index (Phi) is 4.12. The van der Waals surface area contributed by atoms with Crippen LogP contribution in [0.4, 0.5) is 0 Å². The molecule has 4 heteroatoms. The van der Waals surface area contributed by atoms with Gasteiger partial charge in [-0.3, -0.25) is 0 Å². The molecule has 0 bridgehead atoms. The van der Waals surface area contributed by atoms with Gasteiger partial charge >= 0.3 is 5.97 Å². The number of furan rings is 1. The number of rotatable bonds is 4. The van der Waals surface area contributed by atoms with Crippen LogP contribution in [0.15, 0.2) is 10.5 Å². The number of aliphatic hydroxyl groups is 1. The van der Waals surface area contributed by atoms with Gasteiger partial charge in [-0.05, 0) is 19.9 Å². The van der Waals surface area contributed by atoms with Gasteiger partial charge in [0.25, 0.3) is 0 Å². The topological polar surface area (TPSA) is 59.7 Å². The molecule has 90 valence electrons. The van der Waals surface area contributed by atoms with Gasteiger partial charge in [0.05, 0.1) is 6.61 Å². The van der Waals surface area contributed by atoms with Gasteiger partial charge in [-0.15, -0.1) is 0 Å². The molecular formula is C12H18O4. The molecule has 4 nitrogen and oxygen atoms in total. The summed E-state index contributed by atoms with van der Waals surface area (Å²) in [6.45, 7) is 7.52. The maximum atomic E-state index is 11.6. The lowest BCUT2D eigenvalue weighted by Crippen LogP contribution is -2.06. The fraction of sp³-hybridized carbons (Fsp3) is 0.583. The molecule has 1 unspecified atom stereocenters. The second kappa shape index (κ2) is 5.16. The SMILES string of the molecule is CCOC(=O)c1cc(C(C)O)oc1C(C)C. The molecule has 0 aliphatic heterocycles. The average Bonchev–Trinajstić information content (AvgIpc) is 2.62. The molecule has 0 fully saturated rings. The average molecular weight is 226 g/mol. The smallest absolute Gasteiger partial charge is 0.341 e. The first-order valence-electron chi connectivity index (χ1n) is 5.46. The third-order valence-electron chi connectivity index (χ3n) is 2.21. The Labute approximate surface area is 95.2 Å². The number of hydrogen-bond acceptors (Lipinski definition) is 4. The lowest BCUT2D eigenvalue weighted by molar-refractivity contribution is 0.0523. The number of ether oxygens (including phenoxy) is 1. The molecule has 0 aromatic carbocycles. The summed E-state index contributed by atoms with van der Waals surface area (Å²) >= 11 is 0. The molecule has 0 spiro atoms.